The molecular weight excluding hydrogens is 363 g/mol. The first-order chi connectivity index (χ1) is 12.8. The van der Waals surface area contributed by atoms with Gasteiger partial charge in [-0.2, -0.15) is 13.2 Å². The lowest BCUT2D eigenvalue weighted by Crippen LogP contribution is -2.26. The van der Waals surface area contributed by atoms with E-state index < -0.39 is 11.7 Å². The Labute approximate surface area is 154 Å². The lowest BCUT2D eigenvalue weighted by atomic mass is 10.1. The van der Waals surface area contributed by atoms with E-state index in [1.54, 1.807) is 25.0 Å². The molecule has 1 amide bonds. The monoisotopic (exact) mass is 383 g/mol. The van der Waals surface area contributed by atoms with Crippen LogP contribution in [-0.2, 0) is 17.5 Å². The predicted molar refractivity (Wildman–Crippen MR) is 90.0 cm³/mol. The fourth-order valence-electron chi connectivity index (χ4n) is 2.83. The van der Waals surface area contributed by atoms with Gasteiger partial charge in [0.1, 0.15) is 0 Å². The number of hydrogen-bond donors (Lipinski definition) is 1. The van der Waals surface area contributed by atoms with Gasteiger partial charge in [0, 0.05) is 27.2 Å². The number of carbonyl (C=O) groups is 1. The number of benzene rings is 1. The van der Waals surface area contributed by atoms with Gasteiger partial charge in [-0.15, -0.1) is 5.10 Å². The minimum absolute atomic E-state index is 0.157. The number of nitrogens with zero attached hydrogens (tertiary/aromatic N) is 4. The van der Waals surface area contributed by atoms with E-state index >= 15 is 0 Å². The number of rotatable bonds is 5. The average Bonchev–Trinajstić information content (AvgIpc) is 3.27. The van der Waals surface area contributed by atoms with Crippen LogP contribution in [0.5, 0.6) is 0 Å². The van der Waals surface area contributed by atoms with E-state index in [2.05, 4.69) is 15.6 Å². The van der Waals surface area contributed by atoms with Crippen molar-refractivity contribution in [1.82, 2.24) is 25.2 Å². The first-order valence-corrected chi connectivity index (χ1v) is 8.37. The molecule has 0 radical (unpaired) electrons. The molecular formula is C17H20F3N5O2. The Kier molecular flexibility index (Phi) is 5.47. The summed E-state index contributed by atoms with van der Waals surface area (Å²) in [7, 11) is 3.27. The third kappa shape index (κ3) is 4.45. The molecule has 1 aliphatic heterocycles. The molecule has 146 valence electrons. The van der Waals surface area contributed by atoms with E-state index in [-0.39, 0.29) is 30.4 Å². The third-order valence-electron chi connectivity index (χ3n) is 4.35. The summed E-state index contributed by atoms with van der Waals surface area (Å²) in [6.07, 6.45) is -3.01. The second-order valence-corrected chi connectivity index (χ2v) is 6.55. The molecule has 1 N–H and O–H groups in total. The summed E-state index contributed by atoms with van der Waals surface area (Å²) in [5.41, 5.74) is 0.205. The molecule has 0 spiro atoms. The summed E-state index contributed by atoms with van der Waals surface area (Å²) < 4.78 is 45.3. The Morgan fingerprint density at radius 1 is 1.30 bits per heavy atom. The van der Waals surface area contributed by atoms with Gasteiger partial charge in [-0.1, -0.05) is 17.3 Å². The number of alkyl halides is 3. The van der Waals surface area contributed by atoms with Crippen LogP contribution in [0.1, 0.15) is 27.7 Å². The lowest BCUT2D eigenvalue weighted by Gasteiger charge is -2.19. The van der Waals surface area contributed by atoms with Crippen LogP contribution in [0.15, 0.2) is 30.5 Å². The van der Waals surface area contributed by atoms with Crippen molar-refractivity contribution >= 4 is 5.91 Å². The molecule has 2 atom stereocenters. The number of nitrogens with one attached hydrogen (secondary N) is 1. The Balaban J connectivity index is 1.63. The van der Waals surface area contributed by atoms with Crippen LogP contribution in [0.3, 0.4) is 0 Å². The van der Waals surface area contributed by atoms with Crippen molar-refractivity contribution in [2.75, 3.05) is 27.2 Å². The second kappa shape index (κ2) is 7.65. The van der Waals surface area contributed by atoms with Gasteiger partial charge in [-0.05, 0) is 17.7 Å². The first kappa shape index (κ1) is 19.3. The maximum Gasteiger partial charge on any atom is 0.416 e. The zero-order valence-corrected chi connectivity index (χ0v) is 14.9. The fraction of sp³-hybridized carbons (Fsp3) is 0.471. The molecule has 1 aromatic carbocycles. The van der Waals surface area contributed by atoms with Crippen molar-refractivity contribution in [3.8, 4) is 0 Å². The van der Waals surface area contributed by atoms with Crippen molar-refractivity contribution in [2.24, 2.45) is 0 Å². The van der Waals surface area contributed by atoms with Gasteiger partial charge in [0.2, 0.25) is 0 Å². The highest BCUT2D eigenvalue weighted by atomic mass is 19.4. The average molecular weight is 383 g/mol. The van der Waals surface area contributed by atoms with Crippen LogP contribution >= 0.6 is 0 Å². The van der Waals surface area contributed by atoms with Gasteiger partial charge < -0.3 is 15.0 Å². The molecule has 7 nitrogen and oxygen atoms in total. The Morgan fingerprint density at radius 2 is 2.00 bits per heavy atom. The first-order valence-electron chi connectivity index (χ1n) is 8.37. The molecule has 1 aromatic heterocycles. The van der Waals surface area contributed by atoms with Crippen LogP contribution in [0.4, 0.5) is 13.2 Å². The van der Waals surface area contributed by atoms with E-state index in [0.29, 0.717) is 18.7 Å². The van der Waals surface area contributed by atoms with E-state index in [1.165, 1.54) is 17.0 Å². The van der Waals surface area contributed by atoms with Gasteiger partial charge >= 0.3 is 6.18 Å². The summed E-state index contributed by atoms with van der Waals surface area (Å²) in [6.45, 7) is 1.35. The molecule has 27 heavy (non-hydrogen) atoms. The zero-order chi connectivity index (χ0) is 19.6. The van der Waals surface area contributed by atoms with Crippen molar-refractivity contribution in [2.45, 2.75) is 24.9 Å². The minimum atomic E-state index is -4.35. The van der Waals surface area contributed by atoms with Crippen molar-refractivity contribution < 1.29 is 22.7 Å². The third-order valence-corrected chi connectivity index (χ3v) is 4.35. The molecule has 2 heterocycles. The summed E-state index contributed by atoms with van der Waals surface area (Å²) in [5.74, 6) is -0.241. The van der Waals surface area contributed by atoms with Gasteiger partial charge in [0.15, 0.2) is 5.69 Å². The van der Waals surface area contributed by atoms with Crippen molar-refractivity contribution in [3.05, 3.63) is 47.3 Å². The topological polar surface area (TPSA) is 72.3 Å². The quantitative estimate of drug-likeness (QED) is 0.852. The predicted octanol–water partition coefficient (Wildman–Crippen LogP) is 1.73. The molecule has 0 bridgehead atoms. The van der Waals surface area contributed by atoms with Crippen molar-refractivity contribution in [1.29, 1.82) is 0 Å². The van der Waals surface area contributed by atoms with Crippen LogP contribution in [-0.4, -0.2) is 59.1 Å². The SMILES string of the molecule is CN(C)C(=O)c1cn([C@@H]2CNC[C@H]2OCc2ccc(C(F)(F)F)cc2)nn1. The fourth-order valence-corrected chi connectivity index (χ4v) is 2.83. The number of amides is 1. The largest absolute Gasteiger partial charge is 0.416 e. The van der Waals surface area contributed by atoms with Gasteiger partial charge in [0.25, 0.3) is 5.91 Å². The van der Waals surface area contributed by atoms with Crippen LogP contribution < -0.4 is 5.32 Å². The number of ether oxygens (including phenoxy) is 1. The maximum absolute atomic E-state index is 12.6. The van der Waals surface area contributed by atoms with Gasteiger partial charge in [0.05, 0.1) is 30.5 Å². The Bertz CT molecular complexity index is 789. The van der Waals surface area contributed by atoms with E-state index in [1.807, 2.05) is 0 Å². The highest BCUT2D eigenvalue weighted by Gasteiger charge is 2.32. The van der Waals surface area contributed by atoms with E-state index in [4.69, 9.17) is 4.74 Å². The summed E-state index contributed by atoms with van der Waals surface area (Å²) in [4.78, 5) is 13.4. The zero-order valence-electron chi connectivity index (χ0n) is 14.9. The Hall–Kier alpha value is -2.46. The molecule has 0 aliphatic carbocycles. The molecule has 1 aliphatic rings. The smallest absolute Gasteiger partial charge is 0.370 e. The number of carbonyl (C=O) groups excluding carboxylic acids is 1. The number of halogens is 3. The normalized spacial score (nSPS) is 20.0. The van der Waals surface area contributed by atoms with Gasteiger partial charge in [-0.25, -0.2) is 4.68 Å². The lowest BCUT2D eigenvalue weighted by molar-refractivity contribution is -0.137. The highest BCUT2D eigenvalue weighted by molar-refractivity contribution is 5.91. The molecule has 10 heteroatoms. The standard InChI is InChI=1S/C17H20F3N5O2/c1-24(2)16(26)13-9-25(23-22-13)14-7-21-8-15(14)27-10-11-3-5-12(6-4-11)17(18,19)20/h3-6,9,14-15,21H,7-8,10H2,1-2H3/t14-,15-/m1/s1. The van der Waals surface area contributed by atoms with Crippen LogP contribution in [0, 0.1) is 0 Å². The van der Waals surface area contributed by atoms with Crippen LogP contribution in [0.2, 0.25) is 0 Å². The summed E-state index contributed by atoms with van der Waals surface area (Å²) in [5, 5.41) is 11.1. The number of aromatic nitrogens is 3. The number of hydrogen-bond acceptors (Lipinski definition) is 5. The maximum atomic E-state index is 12.6. The highest BCUT2D eigenvalue weighted by Crippen LogP contribution is 2.29. The summed E-state index contributed by atoms with van der Waals surface area (Å²) in [6, 6.07) is 4.74. The molecule has 0 unspecified atom stereocenters. The summed E-state index contributed by atoms with van der Waals surface area (Å²) >= 11 is 0. The van der Waals surface area contributed by atoms with Crippen molar-refractivity contribution in [3.63, 3.8) is 0 Å². The minimum Gasteiger partial charge on any atom is -0.370 e. The van der Waals surface area contributed by atoms with E-state index in [9.17, 15) is 18.0 Å². The second-order valence-electron chi connectivity index (χ2n) is 6.55. The van der Waals surface area contributed by atoms with E-state index in [0.717, 1.165) is 12.1 Å². The molecule has 1 saturated heterocycles. The van der Waals surface area contributed by atoms with Crippen LogP contribution in [0.25, 0.3) is 0 Å². The Morgan fingerprint density at radius 3 is 2.63 bits per heavy atom. The molecule has 1 fully saturated rings. The molecule has 0 saturated carbocycles. The molecule has 2 aromatic rings. The molecule has 3 rings (SSSR count). The van der Waals surface area contributed by atoms with Gasteiger partial charge in [-0.3, -0.25) is 4.79 Å².